The number of hydrogen-bond donors (Lipinski definition) is 2. The Hall–Kier alpha value is -0.330. The molecule has 0 aliphatic heterocycles. The lowest BCUT2D eigenvalue weighted by Gasteiger charge is -2.05. The summed E-state index contributed by atoms with van der Waals surface area (Å²) < 4.78 is 1.27. The van der Waals surface area contributed by atoms with Crippen LogP contribution in [0.15, 0.2) is 24.3 Å². The van der Waals surface area contributed by atoms with Gasteiger partial charge in [-0.2, -0.15) is 0 Å². The van der Waals surface area contributed by atoms with E-state index in [0.717, 1.165) is 38.8 Å². The molecule has 0 aromatic heterocycles. The van der Waals surface area contributed by atoms with Gasteiger partial charge in [-0.3, -0.25) is 4.79 Å². The van der Waals surface area contributed by atoms with Gasteiger partial charge in [-0.1, -0.05) is 12.1 Å². The Labute approximate surface area is 141 Å². The van der Waals surface area contributed by atoms with E-state index in [2.05, 4.69) is 57.5 Å². The second kappa shape index (κ2) is 12.4. The van der Waals surface area contributed by atoms with Crippen LogP contribution in [0.2, 0.25) is 0 Å². The van der Waals surface area contributed by atoms with E-state index in [4.69, 9.17) is 0 Å². The fourth-order valence-electron chi connectivity index (χ4n) is 1.85. The van der Waals surface area contributed by atoms with Gasteiger partial charge < -0.3 is 10.6 Å². The summed E-state index contributed by atoms with van der Waals surface area (Å²) in [4.78, 5) is 11.5. The molecule has 0 bridgehead atoms. The molecule has 1 aromatic rings. The summed E-state index contributed by atoms with van der Waals surface area (Å²) in [6, 6.07) is 8.59. The van der Waals surface area contributed by atoms with Gasteiger partial charge in [0.1, 0.15) is 0 Å². The predicted octanol–water partition coefficient (Wildman–Crippen LogP) is 3.15. The lowest BCUT2D eigenvalue weighted by molar-refractivity contribution is -0.121. The zero-order chi connectivity index (χ0) is 13.9. The smallest absolute Gasteiger partial charge is 0.219 e. The van der Waals surface area contributed by atoms with Crippen molar-refractivity contribution in [2.75, 3.05) is 20.1 Å². The minimum atomic E-state index is 0. The average Bonchev–Trinajstić information content (AvgIpc) is 2.42. The third-order valence-corrected chi connectivity index (χ3v) is 3.68. The highest BCUT2D eigenvalue weighted by Crippen LogP contribution is 2.10. The molecule has 114 valence electrons. The van der Waals surface area contributed by atoms with E-state index in [-0.39, 0.29) is 18.3 Å². The Morgan fingerprint density at radius 2 is 1.80 bits per heavy atom. The van der Waals surface area contributed by atoms with E-state index >= 15 is 0 Å². The van der Waals surface area contributed by atoms with E-state index < -0.39 is 0 Å². The van der Waals surface area contributed by atoms with E-state index in [1.54, 1.807) is 0 Å². The number of hydrogen-bond acceptors (Lipinski definition) is 2. The standard InChI is InChI=1S/C15H23IN2O.ClH/c1-17-11-4-12-18-15(19)6-3-2-5-13-7-9-14(16)10-8-13;/h7-10,17H,2-6,11-12H2,1H3,(H,18,19);1H. The van der Waals surface area contributed by atoms with E-state index in [0.29, 0.717) is 6.42 Å². The monoisotopic (exact) mass is 410 g/mol. The van der Waals surface area contributed by atoms with Gasteiger partial charge in [0.25, 0.3) is 0 Å². The molecule has 0 saturated heterocycles. The zero-order valence-electron chi connectivity index (χ0n) is 12.0. The number of benzene rings is 1. The molecule has 5 heteroatoms. The van der Waals surface area contributed by atoms with Crippen molar-refractivity contribution in [3.8, 4) is 0 Å². The number of halogens is 2. The van der Waals surface area contributed by atoms with Gasteiger partial charge in [0.15, 0.2) is 0 Å². The molecule has 0 fully saturated rings. The fraction of sp³-hybridized carbons (Fsp3) is 0.533. The number of rotatable bonds is 9. The highest BCUT2D eigenvalue weighted by Gasteiger charge is 2.00. The van der Waals surface area contributed by atoms with Crippen LogP contribution in [0.25, 0.3) is 0 Å². The molecular formula is C15H24ClIN2O. The maximum Gasteiger partial charge on any atom is 0.219 e. The number of carbonyl (C=O) groups is 1. The van der Waals surface area contributed by atoms with Crippen LogP contribution in [0, 0.1) is 3.57 Å². The van der Waals surface area contributed by atoms with Gasteiger partial charge in [0.05, 0.1) is 0 Å². The number of amides is 1. The third kappa shape index (κ3) is 9.55. The van der Waals surface area contributed by atoms with Crippen LogP contribution < -0.4 is 10.6 Å². The maximum absolute atomic E-state index is 11.5. The zero-order valence-corrected chi connectivity index (χ0v) is 14.9. The minimum Gasteiger partial charge on any atom is -0.356 e. The van der Waals surface area contributed by atoms with Gasteiger partial charge in [0, 0.05) is 16.5 Å². The first kappa shape index (κ1) is 19.7. The van der Waals surface area contributed by atoms with Gasteiger partial charge in [-0.05, 0) is 79.6 Å². The minimum absolute atomic E-state index is 0. The molecule has 3 nitrogen and oxygen atoms in total. The van der Waals surface area contributed by atoms with Gasteiger partial charge in [-0.15, -0.1) is 12.4 Å². The van der Waals surface area contributed by atoms with Crippen molar-refractivity contribution >= 4 is 40.9 Å². The molecule has 0 radical (unpaired) electrons. The summed E-state index contributed by atoms with van der Waals surface area (Å²) in [6.07, 6.45) is 4.73. The molecule has 0 atom stereocenters. The molecule has 0 aliphatic rings. The summed E-state index contributed by atoms with van der Waals surface area (Å²) in [5, 5.41) is 6.01. The fourth-order valence-corrected chi connectivity index (χ4v) is 2.21. The molecule has 1 rings (SSSR count). The number of nitrogens with one attached hydrogen (secondary N) is 2. The first-order valence-electron chi connectivity index (χ1n) is 6.88. The Kier molecular flexibility index (Phi) is 12.2. The normalized spacial score (nSPS) is 9.90. The Balaban J connectivity index is 0.00000361. The van der Waals surface area contributed by atoms with Crippen molar-refractivity contribution in [2.45, 2.75) is 32.1 Å². The Morgan fingerprint density at radius 1 is 1.10 bits per heavy atom. The van der Waals surface area contributed by atoms with Crippen molar-refractivity contribution in [3.63, 3.8) is 0 Å². The third-order valence-electron chi connectivity index (χ3n) is 2.96. The molecule has 0 aliphatic carbocycles. The topological polar surface area (TPSA) is 41.1 Å². The summed E-state index contributed by atoms with van der Waals surface area (Å²) >= 11 is 2.31. The second-order valence-corrected chi connectivity index (χ2v) is 5.89. The molecule has 0 unspecified atom stereocenters. The van der Waals surface area contributed by atoms with E-state index in [1.165, 1.54) is 9.13 Å². The second-order valence-electron chi connectivity index (χ2n) is 4.64. The lowest BCUT2D eigenvalue weighted by atomic mass is 10.1. The summed E-state index contributed by atoms with van der Waals surface area (Å²) in [7, 11) is 1.92. The van der Waals surface area contributed by atoms with Crippen LogP contribution in [-0.4, -0.2) is 26.0 Å². The van der Waals surface area contributed by atoms with Gasteiger partial charge >= 0.3 is 0 Å². The summed E-state index contributed by atoms with van der Waals surface area (Å²) in [5.74, 6) is 0.179. The highest BCUT2D eigenvalue weighted by molar-refractivity contribution is 14.1. The molecule has 0 heterocycles. The van der Waals surface area contributed by atoms with Crippen molar-refractivity contribution < 1.29 is 4.79 Å². The lowest BCUT2D eigenvalue weighted by Crippen LogP contribution is -2.26. The van der Waals surface area contributed by atoms with Crippen LogP contribution >= 0.6 is 35.0 Å². The van der Waals surface area contributed by atoms with E-state index in [1.807, 2.05) is 7.05 Å². The van der Waals surface area contributed by atoms with Crippen molar-refractivity contribution in [2.24, 2.45) is 0 Å². The van der Waals surface area contributed by atoms with Crippen LogP contribution in [0.3, 0.4) is 0 Å². The van der Waals surface area contributed by atoms with Crippen molar-refractivity contribution in [1.29, 1.82) is 0 Å². The number of carbonyl (C=O) groups excluding carboxylic acids is 1. The van der Waals surface area contributed by atoms with Crippen LogP contribution in [0.5, 0.6) is 0 Å². The molecule has 2 N–H and O–H groups in total. The van der Waals surface area contributed by atoms with Gasteiger partial charge in [-0.25, -0.2) is 0 Å². The quantitative estimate of drug-likeness (QED) is 0.485. The van der Waals surface area contributed by atoms with E-state index in [9.17, 15) is 4.79 Å². The molecule has 1 amide bonds. The molecule has 0 spiro atoms. The number of unbranched alkanes of at least 4 members (excludes halogenated alkanes) is 1. The Morgan fingerprint density at radius 3 is 2.45 bits per heavy atom. The molecular weight excluding hydrogens is 387 g/mol. The maximum atomic E-state index is 11.5. The summed E-state index contributed by atoms with van der Waals surface area (Å²) in [6.45, 7) is 1.73. The van der Waals surface area contributed by atoms with Crippen LogP contribution in [0.1, 0.15) is 31.2 Å². The largest absolute Gasteiger partial charge is 0.356 e. The van der Waals surface area contributed by atoms with Crippen LogP contribution in [-0.2, 0) is 11.2 Å². The predicted molar refractivity (Wildman–Crippen MR) is 95.5 cm³/mol. The molecule has 20 heavy (non-hydrogen) atoms. The van der Waals surface area contributed by atoms with Crippen molar-refractivity contribution in [1.82, 2.24) is 10.6 Å². The van der Waals surface area contributed by atoms with Crippen molar-refractivity contribution in [3.05, 3.63) is 33.4 Å². The average molecular weight is 411 g/mol. The first-order valence-corrected chi connectivity index (χ1v) is 7.96. The first-order chi connectivity index (χ1) is 9.22. The number of aryl methyl sites for hydroxylation is 1. The Bertz CT molecular complexity index is 371. The highest BCUT2D eigenvalue weighted by atomic mass is 127. The molecule has 0 saturated carbocycles. The summed E-state index contributed by atoms with van der Waals surface area (Å²) in [5.41, 5.74) is 1.36. The molecule has 1 aromatic carbocycles. The SMILES string of the molecule is CNCCCNC(=O)CCCCc1ccc(I)cc1.Cl. The van der Waals surface area contributed by atoms with Crippen LogP contribution in [0.4, 0.5) is 0 Å². The van der Waals surface area contributed by atoms with Gasteiger partial charge in [0.2, 0.25) is 5.91 Å².